The van der Waals surface area contributed by atoms with Gasteiger partial charge in [-0.25, -0.2) is 0 Å². The van der Waals surface area contributed by atoms with E-state index in [2.05, 4.69) is 0 Å². The smallest absolute Gasteiger partial charge is 0.323 e. The molecule has 0 aliphatic heterocycles. The lowest BCUT2D eigenvalue weighted by atomic mass is 10.2. The summed E-state index contributed by atoms with van der Waals surface area (Å²) in [5, 5.41) is 19.2. The molecular formula is C15H13Cl2NO3. The quantitative estimate of drug-likeness (QED) is 0.878. The van der Waals surface area contributed by atoms with E-state index in [1.165, 1.54) is 6.07 Å². The number of aromatic hydroxyl groups is 1. The van der Waals surface area contributed by atoms with Crippen molar-refractivity contribution in [3.05, 3.63) is 58.1 Å². The van der Waals surface area contributed by atoms with Crippen molar-refractivity contribution in [1.29, 1.82) is 0 Å². The molecule has 6 heteroatoms. The van der Waals surface area contributed by atoms with Crippen LogP contribution >= 0.6 is 23.2 Å². The van der Waals surface area contributed by atoms with Gasteiger partial charge in [0, 0.05) is 17.3 Å². The monoisotopic (exact) mass is 325 g/mol. The summed E-state index contributed by atoms with van der Waals surface area (Å²) in [5.74, 6) is -0.951. The lowest BCUT2D eigenvalue weighted by molar-refractivity contribution is -0.135. The first-order chi connectivity index (χ1) is 9.95. The zero-order chi connectivity index (χ0) is 15.4. The summed E-state index contributed by atoms with van der Waals surface area (Å²) in [6, 6.07) is 11.8. The van der Waals surface area contributed by atoms with Crippen LogP contribution in [-0.4, -0.2) is 22.7 Å². The number of phenols is 1. The third-order valence-electron chi connectivity index (χ3n) is 2.88. The first-order valence-electron chi connectivity index (χ1n) is 6.15. The SMILES string of the molecule is O=C(O)CN(Cc1ccc(O)c(Cl)c1)c1cccc(Cl)c1. The Morgan fingerprint density at radius 3 is 2.52 bits per heavy atom. The van der Waals surface area contributed by atoms with E-state index in [-0.39, 0.29) is 17.3 Å². The lowest BCUT2D eigenvalue weighted by Gasteiger charge is -2.23. The fraction of sp³-hybridized carbons (Fsp3) is 0.133. The topological polar surface area (TPSA) is 60.8 Å². The van der Waals surface area contributed by atoms with Gasteiger partial charge in [0.25, 0.3) is 0 Å². The Morgan fingerprint density at radius 2 is 1.90 bits per heavy atom. The van der Waals surface area contributed by atoms with Gasteiger partial charge in [0.1, 0.15) is 12.3 Å². The average molecular weight is 326 g/mol. The molecule has 0 aliphatic carbocycles. The number of carbonyl (C=O) groups is 1. The molecule has 2 aromatic carbocycles. The van der Waals surface area contributed by atoms with E-state index in [9.17, 15) is 9.90 Å². The summed E-state index contributed by atoms with van der Waals surface area (Å²) in [5.41, 5.74) is 1.49. The van der Waals surface area contributed by atoms with Crippen LogP contribution in [0.4, 0.5) is 5.69 Å². The molecule has 0 saturated heterocycles. The third kappa shape index (κ3) is 4.28. The van der Waals surface area contributed by atoms with Crippen LogP contribution in [0.2, 0.25) is 10.0 Å². The van der Waals surface area contributed by atoms with Crippen molar-refractivity contribution in [3.63, 3.8) is 0 Å². The van der Waals surface area contributed by atoms with Gasteiger partial charge in [-0.05, 0) is 35.9 Å². The van der Waals surface area contributed by atoms with Gasteiger partial charge in [-0.2, -0.15) is 0 Å². The average Bonchev–Trinajstić information content (AvgIpc) is 2.42. The molecule has 0 spiro atoms. The molecule has 2 rings (SSSR count). The van der Waals surface area contributed by atoms with Crippen LogP contribution in [0.1, 0.15) is 5.56 Å². The van der Waals surface area contributed by atoms with Crippen LogP contribution in [0, 0.1) is 0 Å². The number of anilines is 1. The third-order valence-corrected chi connectivity index (χ3v) is 3.42. The molecule has 0 saturated carbocycles. The van der Waals surface area contributed by atoms with E-state index < -0.39 is 5.97 Å². The highest BCUT2D eigenvalue weighted by Gasteiger charge is 2.12. The number of benzene rings is 2. The van der Waals surface area contributed by atoms with E-state index in [0.717, 1.165) is 5.56 Å². The minimum atomic E-state index is -0.945. The van der Waals surface area contributed by atoms with Crippen LogP contribution in [0.15, 0.2) is 42.5 Å². The van der Waals surface area contributed by atoms with Gasteiger partial charge in [-0.3, -0.25) is 4.79 Å². The number of carboxylic acid groups (broad SMARTS) is 1. The number of carboxylic acids is 1. The summed E-state index contributed by atoms with van der Waals surface area (Å²) in [7, 11) is 0. The zero-order valence-corrected chi connectivity index (χ0v) is 12.5. The molecule has 0 radical (unpaired) electrons. The first kappa shape index (κ1) is 15.5. The Bertz CT molecular complexity index is 661. The normalized spacial score (nSPS) is 10.4. The molecule has 0 bridgehead atoms. The van der Waals surface area contributed by atoms with E-state index in [4.69, 9.17) is 28.3 Å². The minimum absolute atomic E-state index is 0.00652. The van der Waals surface area contributed by atoms with Crippen molar-refractivity contribution in [3.8, 4) is 5.75 Å². The maximum absolute atomic E-state index is 11.0. The largest absolute Gasteiger partial charge is 0.506 e. The molecule has 21 heavy (non-hydrogen) atoms. The second kappa shape index (κ2) is 6.70. The fourth-order valence-corrected chi connectivity index (χ4v) is 2.33. The molecule has 2 N–H and O–H groups in total. The molecule has 0 aromatic heterocycles. The van der Waals surface area contributed by atoms with Gasteiger partial charge in [0.15, 0.2) is 0 Å². The second-order valence-electron chi connectivity index (χ2n) is 4.52. The molecular weight excluding hydrogens is 313 g/mol. The van der Waals surface area contributed by atoms with Crippen molar-refractivity contribution in [1.82, 2.24) is 0 Å². The number of halogens is 2. The van der Waals surface area contributed by atoms with E-state index >= 15 is 0 Å². The number of hydrogen-bond acceptors (Lipinski definition) is 3. The van der Waals surface area contributed by atoms with Crippen LogP contribution in [-0.2, 0) is 11.3 Å². The Balaban J connectivity index is 2.27. The highest BCUT2D eigenvalue weighted by Crippen LogP contribution is 2.26. The standard InChI is InChI=1S/C15H13Cl2NO3/c16-11-2-1-3-12(7-11)18(9-15(20)21)8-10-4-5-14(19)13(17)6-10/h1-7,19H,8-9H2,(H,20,21). The predicted octanol–water partition coefficient (Wildman–Crippen LogP) is 3.79. The number of aliphatic carboxylic acids is 1. The molecule has 0 atom stereocenters. The summed E-state index contributed by atoms with van der Waals surface area (Å²) in [4.78, 5) is 12.7. The number of rotatable bonds is 5. The molecule has 0 unspecified atom stereocenters. The molecule has 4 nitrogen and oxygen atoms in total. The van der Waals surface area contributed by atoms with Crippen molar-refractivity contribution < 1.29 is 15.0 Å². The molecule has 2 aromatic rings. The van der Waals surface area contributed by atoms with Gasteiger partial charge in [0.05, 0.1) is 5.02 Å². The number of nitrogens with zero attached hydrogens (tertiary/aromatic N) is 1. The highest BCUT2D eigenvalue weighted by atomic mass is 35.5. The maximum atomic E-state index is 11.0. The summed E-state index contributed by atoms with van der Waals surface area (Å²) in [6.07, 6.45) is 0. The predicted molar refractivity (Wildman–Crippen MR) is 83.3 cm³/mol. The Morgan fingerprint density at radius 1 is 1.14 bits per heavy atom. The zero-order valence-electron chi connectivity index (χ0n) is 11.0. The molecule has 0 amide bonds. The van der Waals surface area contributed by atoms with Gasteiger partial charge in [-0.15, -0.1) is 0 Å². The fourth-order valence-electron chi connectivity index (χ4n) is 1.94. The van der Waals surface area contributed by atoms with Crippen LogP contribution in [0.5, 0.6) is 5.75 Å². The van der Waals surface area contributed by atoms with Crippen LogP contribution < -0.4 is 4.90 Å². The van der Waals surface area contributed by atoms with Crippen molar-refractivity contribution in [2.24, 2.45) is 0 Å². The summed E-state index contributed by atoms with van der Waals surface area (Å²) in [6.45, 7) is 0.172. The summed E-state index contributed by atoms with van der Waals surface area (Å²) >= 11 is 11.8. The Kier molecular flexibility index (Phi) is 4.94. The van der Waals surface area contributed by atoms with Crippen LogP contribution in [0.25, 0.3) is 0 Å². The molecule has 0 fully saturated rings. The Hall–Kier alpha value is -1.91. The van der Waals surface area contributed by atoms with Crippen LogP contribution in [0.3, 0.4) is 0 Å². The molecule has 0 aliphatic rings. The first-order valence-corrected chi connectivity index (χ1v) is 6.91. The number of phenolic OH excluding ortho intramolecular Hbond substituents is 1. The summed E-state index contributed by atoms with van der Waals surface area (Å²) < 4.78 is 0. The van der Waals surface area contributed by atoms with Gasteiger partial charge in [-0.1, -0.05) is 35.3 Å². The van der Waals surface area contributed by atoms with E-state index in [1.807, 2.05) is 0 Å². The molecule has 0 heterocycles. The van der Waals surface area contributed by atoms with Crippen molar-refractivity contribution in [2.45, 2.75) is 6.54 Å². The Labute approximate surface area is 132 Å². The minimum Gasteiger partial charge on any atom is -0.506 e. The second-order valence-corrected chi connectivity index (χ2v) is 5.36. The van der Waals surface area contributed by atoms with Crippen molar-refractivity contribution >= 4 is 34.9 Å². The van der Waals surface area contributed by atoms with Gasteiger partial charge in [0.2, 0.25) is 0 Å². The molecule has 110 valence electrons. The lowest BCUT2D eigenvalue weighted by Crippen LogP contribution is -2.29. The number of hydrogen-bond donors (Lipinski definition) is 2. The van der Waals surface area contributed by atoms with Gasteiger partial charge >= 0.3 is 5.97 Å². The van der Waals surface area contributed by atoms with E-state index in [1.54, 1.807) is 41.3 Å². The van der Waals surface area contributed by atoms with E-state index in [0.29, 0.717) is 17.3 Å². The maximum Gasteiger partial charge on any atom is 0.323 e. The highest BCUT2D eigenvalue weighted by molar-refractivity contribution is 6.32. The van der Waals surface area contributed by atoms with Gasteiger partial charge < -0.3 is 15.1 Å². The van der Waals surface area contributed by atoms with Crippen molar-refractivity contribution in [2.75, 3.05) is 11.4 Å².